The van der Waals surface area contributed by atoms with E-state index in [4.69, 9.17) is 9.84 Å². The molecule has 1 N–H and O–H groups in total. The van der Waals surface area contributed by atoms with Crippen LogP contribution >= 0.6 is 0 Å². The van der Waals surface area contributed by atoms with E-state index in [2.05, 4.69) is 16.6 Å². The number of ether oxygens (including phenoxy) is 2. The molecule has 3 nitrogen and oxygen atoms in total. The molecule has 0 aliphatic rings. The van der Waals surface area contributed by atoms with E-state index in [0.29, 0.717) is 16.9 Å². The first-order chi connectivity index (χ1) is 8.96. The van der Waals surface area contributed by atoms with Crippen molar-refractivity contribution in [2.24, 2.45) is 0 Å². The number of aliphatic hydroxyl groups excluding tert-OH is 1. The highest BCUT2D eigenvalue weighted by molar-refractivity contribution is 5.48. The third-order valence-corrected chi connectivity index (χ3v) is 2.10. The number of hydrogen-bond acceptors (Lipinski definition) is 3. The fourth-order valence-electron chi connectivity index (χ4n) is 1.36. The van der Waals surface area contributed by atoms with Crippen molar-refractivity contribution in [3.8, 4) is 17.6 Å². The summed E-state index contributed by atoms with van der Waals surface area (Å²) in [5.41, 5.74) is 1.04. The van der Waals surface area contributed by atoms with E-state index in [1.807, 2.05) is 0 Å². The van der Waals surface area contributed by atoms with Crippen LogP contribution in [0.3, 0.4) is 0 Å². The van der Waals surface area contributed by atoms with Crippen molar-refractivity contribution in [3.05, 3.63) is 29.3 Å². The van der Waals surface area contributed by atoms with E-state index >= 15 is 0 Å². The van der Waals surface area contributed by atoms with Crippen LogP contribution in [0.1, 0.15) is 11.1 Å². The van der Waals surface area contributed by atoms with Gasteiger partial charge in [0.05, 0.1) is 19.3 Å². The highest BCUT2D eigenvalue weighted by Crippen LogP contribution is 2.20. The van der Waals surface area contributed by atoms with Crippen molar-refractivity contribution in [1.29, 1.82) is 0 Å². The van der Waals surface area contributed by atoms with E-state index in [1.165, 1.54) is 7.11 Å². The minimum absolute atomic E-state index is 0.169. The lowest BCUT2D eigenvalue weighted by atomic mass is 10.1. The molecule has 0 amide bonds. The van der Waals surface area contributed by atoms with E-state index in [1.54, 1.807) is 18.2 Å². The normalized spacial score (nSPS) is 10.8. The Hall–Kier alpha value is -1.71. The molecule has 0 radical (unpaired) electrons. The number of methoxy groups -OCH3 is 1. The van der Waals surface area contributed by atoms with E-state index in [-0.39, 0.29) is 13.2 Å². The number of halogens is 3. The predicted molar refractivity (Wildman–Crippen MR) is 62.7 cm³/mol. The Morgan fingerprint density at radius 1 is 1.32 bits per heavy atom. The Morgan fingerprint density at radius 3 is 2.63 bits per heavy atom. The molecule has 0 atom stereocenters. The van der Waals surface area contributed by atoms with Gasteiger partial charge >= 0.3 is 6.18 Å². The number of alkyl halides is 3. The summed E-state index contributed by atoms with van der Waals surface area (Å²) in [6.07, 6.45) is -4.34. The molecular weight excluding hydrogens is 261 g/mol. The Bertz CT molecular complexity index is 472. The molecule has 104 valence electrons. The first-order valence-corrected chi connectivity index (χ1v) is 5.37. The van der Waals surface area contributed by atoms with Crippen molar-refractivity contribution in [3.63, 3.8) is 0 Å². The topological polar surface area (TPSA) is 38.7 Å². The molecule has 0 aliphatic carbocycles. The van der Waals surface area contributed by atoms with Gasteiger partial charge in [-0.2, -0.15) is 13.2 Å². The third-order valence-electron chi connectivity index (χ3n) is 2.10. The molecular formula is C13H13F3O3. The summed E-state index contributed by atoms with van der Waals surface area (Å²) in [6, 6.07) is 4.75. The summed E-state index contributed by atoms with van der Waals surface area (Å²) >= 11 is 0. The molecule has 0 unspecified atom stereocenters. The van der Waals surface area contributed by atoms with Gasteiger partial charge in [-0.1, -0.05) is 17.9 Å². The lowest BCUT2D eigenvalue weighted by Gasteiger charge is -2.09. The SMILES string of the molecule is COc1ccc(COCC(F)(F)F)cc1C#CCO. The van der Waals surface area contributed by atoms with Gasteiger partial charge in [-0.25, -0.2) is 0 Å². The number of hydrogen-bond donors (Lipinski definition) is 1. The Kier molecular flexibility index (Phi) is 5.67. The highest BCUT2D eigenvalue weighted by atomic mass is 19.4. The van der Waals surface area contributed by atoms with Crippen LogP contribution in [0.5, 0.6) is 5.75 Å². The summed E-state index contributed by atoms with van der Waals surface area (Å²) in [6.45, 7) is -1.77. The molecule has 1 aromatic carbocycles. The Labute approximate surface area is 109 Å². The first-order valence-electron chi connectivity index (χ1n) is 5.37. The van der Waals surface area contributed by atoms with Crippen LogP contribution in [0, 0.1) is 11.8 Å². The average Bonchev–Trinajstić information content (AvgIpc) is 2.35. The van der Waals surface area contributed by atoms with E-state index < -0.39 is 12.8 Å². The molecule has 1 rings (SSSR count). The molecule has 0 fully saturated rings. The van der Waals surface area contributed by atoms with Crippen LogP contribution < -0.4 is 4.74 Å². The summed E-state index contributed by atoms with van der Waals surface area (Å²) in [7, 11) is 1.46. The monoisotopic (exact) mass is 274 g/mol. The second-order valence-corrected chi connectivity index (χ2v) is 3.60. The van der Waals surface area contributed by atoms with Crippen LogP contribution in [-0.4, -0.2) is 31.6 Å². The zero-order valence-corrected chi connectivity index (χ0v) is 10.3. The minimum atomic E-state index is -4.34. The maximum Gasteiger partial charge on any atom is 0.411 e. The van der Waals surface area contributed by atoms with Gasteiger partial charge in [0.2, 0.25) is 0 Å². The molecule has 0 saturated carbocycles. The molecule has 0 spiro atoms. The minimum Gasteiger partial charge on any atom is -0.495 e. The summed E-state index contributed by atoms with van der Waals surface area (Å²) in [5, 5.41) is 8.63. The van der Waals surface area contributed by atoms with Crippen molar-refractivity contribution in [2.75, 3.05) is 20.3 Å². The Balaban J connectivity index is 2.75. The van der Waals surface area contributed by atoms with Crippen LogP contribution in [0.2, 0.25) is 0 Å². The van der Waals surface area contributed by atoms with Crippen LogP contribution in [0.15, 0.2) is 18.2 Å². The molecule has 0 bridgehead atoms. The fraction of sp³-hybridized carbons (Fsp3) is 0.385. The van der Waals surface area contributed by atoms with Crippen LogP contribution in [-0.2, 0) is 11.3 Å². The van der Waals surface area contributed by atoms with Crippen molar-refractivity contribution in [1.82, 2.24) is 0 Å². The number of benzene rings is 1. The van der Waals surface area contributed by atoms with Gasteiger partial charge in [0.15, 0.2) is 0 Å². The molecule has 19 heavy (non-hydrogen) atoms. The van der Waals surface area contributed by atoms with Crippen molar-refractivity contribution >= 4 is 0 Å². The van der Waals surface area contributed by atoms with Gasteiger partial charge in [-0.3, -0.25) is 0 Å². The smallest absolute Gasteiger partial charge is 0.411 e. The maximum atomic E-state index is 11.9. The molecule has 0 aromatic heterocycles. The molecule has 6 heteroatoms. The lowest BCUT2D eigenvalue weighted by Crippen LogP contribution is -2.16. The second kappa shape index (κ2) is 7.02. The van der Waals surface area contributed by atoms with Crippen molar-refractivity contribution < 1.29 is 27.8 Å². The summed E-state index contributed by atoms with van der Waals surface area (Å²) in [4.78, 5) is 0. The zero-order valence-electron chi connectivity index (χ0n) is 10.3. The fourth-order valence-corrected chi connectivity index (χ4v) is 1.36. The quantitative estimate of drug-likeness (QED) is 0.855. The van der Waals surface area contributed by atoms with E-state index in [9.17, 15) is 13.2 Å². The summed E-state index contributed by atoms with van der Waals surface area (Å²) in [5.74, 6) is 5.60. The molecule has 0 heterocycles. The maximum absolute atomic E-state index is 11.9. The van der Waals surface area contributed by atoms with Gasteiger partial charge in [0, 0.05) is 0 Å². The van der Waals surface area contributed by atoms with Gasteiger partial charge in [-0.05, 0) is 17.7 Å². The third kappa shape index (κ3) is 5.64. The summed E-state index contributed by atoms with van der Waals surface area (Å²) < 4.78 is 45.4. The molecule has 0 saturated heterocycles. The predicted octanol–water partition coefficient (Wildman–Crippen LogP) is 2.12. The van der Waals surface area contributed by atoms with Crippen LogP contribution in [0.25, 0.3) is 0 Å². The molecule has 1 aromatic rings. The van der Waals surface area contributed by atoms with Gasteiger partial charge in [0.1, 0.15) is 19.0 Å². The van der Waals surface area contributed by atoms with Gasteiger partial charge in [-0.15, -0.1) is 0 Å². The highest BCUT2D eigenvalue weighted by Gasteiger charge is 2.27. The number of aliphatic hydroxyl groups is 1. The lowest BCUT2D eigenvalue weighted by molar-refractivity contribution is -0.176. The zero-order chi connectivity index (χ0) is 14.3. The Morgan fingerprint density at radius 2 is 2.05 bits per heavy atom. The second-order valence-electron chi connectivity index (χ2n) is 3.60. The van der Waals surface area contributed by atoms with Gasteiger partial charge < -0.3 is 14.6 Å². The van der Waals surface area contributed by atoms with Gasteiger partial charge in [0.25, 0.3) is 0 Å². The number of rotatable bonds is 4. The first kappa shape index (κ1) is 15.3. The van der Waals surface area contributed by atoms with Crippen molar-refractivity contribution in [2.45, 2.75) is 12.8 Å². The average molecular weight is 274 g/mol. The largest absolute Gasteiger partial charge is 0.495 e. The molecule has 0 aliphatic heterocycles. The van der Waals surface area contributed by atoms with E-state index in [0.717, 1.165) is 0 Å². The van der Waals surface area contributed by atoms with Crippen LogP contribution in [0.4, 0.5) is 13.2 Å². The standard InChI is InChI=1S/C13H13F3O3/c1-18-12-5-4-10(7-11(12)3-2-6-17)8-19-9-13(14,15)16/h4-5,7,17H,6,8-9H2,1H3.